The van der Waals surface area contributed by atoms with Crippen LogP contribution in [0, 0.1) is 5.92 Å². The molecule has 0 aromatic carbocycles. The van der Waals surface area contributed by atoms with Crippen LogP contribution in [-0.2, 0) is 13.1 Å². The lowest BCUT2D eigenvalue weighted by Gasteiger charge is -2.20. The minimum Gasteiger partial charge on any atom is -0.357 e. The van der Waals surface area contributed by atoms with E-state index in [2.05, 4.69) is 40.5 Å². The van der Waals surface area contributed by atoms with Crippen molar-refractivity contribution >= 4 is 29.9 Å². The zero-order valence-electron chi connectivity index (χ0n) is 13.4. The van der Waals surface area contributed by atoms with Crippen molar-refractivity contribution in [1.29, 1.82) is 0 Å². The molecule has 0 radical (unpaired) electrons. The maximum absolute atomic E-state index is 4.75. The van der Waals surface area contributed by atoms with Gasteiger partial charge in [-0.2, -0.15) is 0 Å². The maximum atomic E-state index is 4.75. The van der Waals surface area contributed by atoms with E-state index in [9.17, 15) is 0 Å². The predicted octanol–water partition coefficient (Wildman–Crippen LogP) is 2.72. The van der Waals surface area contributed by atoms with Gasteiger partial charge in [-0.3, -0.25) is 0 Å². The molecule has 1 saturated heterocycles. The van der Waals surface area contributed by atoms with Gasteiger partial charge in [0.1, 0.15) is 12.4 Å². The Balaban J connectivity index is 0.00000220. The molecule has 0 saturated carbocycles. The van der Waals surface area contributed by atoms with Crippen LogP contribution >= 0.6 is 24.0 Å². The van der Waals surface area contributed by atoms with Crippen LogP contribution in [0.4, 0.5) is 0 Å². The number of nitrogens with one attached hydrogen (secondary N) is 1. The third-order valence-corrected chi connectivity index (χ3v) is 3.47. The lowest BCUT2D eigenvalue weighted by Crippen LogP contribution is -2.39. The van der Waals surface area contributed by atoms with E-state index in [-0.39, 0.29) is 24.0 Å². The molecule has 0 atom stereocenters. The van der Waals surface area contributed by atoms with E-state index in [0.29, 0.717) is 12.5 Å². The first-order valence-electron chi connectivity index (χ1n) is 7.74. The van der Waals surface area contributed by atoms with Crippen molar-refractivity contribution in [2.45, 2.75) is 46.7 Å². The molecule has 1 aliphatic rings. The SMILES string of the molecule is CCNC(=NCc1nccn1CC(C)C)N1CCCC1.I. The van der Waals surface area contributed by atoms with Gasteiger partial charge in [0.2, 0.25) is 0 Å². The smallest absolute Gasteiger partial charge is 0.194 e. The predicted molar refractivity (Wildman–Crippen MR) is 98.1 cm³/mol. The molecule has 2 heterocycles. The Morgan fingerprint density at radius 1 is 1.38 bits per heavy atom. The summed E-state index contributed by atoms with van der Waals surface area (Å²) in [6.45, 7) is 11.4. The molecule has 2 rings (SSSR count). The summed E-state index contributed by atoms with van der Waals surface area (Å²) in [5, 5.41) is 3.39. The van der Waals surface area contributed by atoms with Gasteiger partial charge >= 0.3 is 0 Å². The van der Waals surface area contributed by atoms with Gasteiger partial charge < -0.3 is 14.8 Å². The molecule has 1 N–H and O–H groups in total. The third-order valence-electron chi connectivity index (χ3n) is 3.47. The average Bonchev–Trinajstić information content (AvgIpc) is 3.05. The summed E-state index contributed by atoms with van der Waals surface area (Å²) < 4.78 is 2.21. The van der Waals surface area contributed by atoms with Gasteiger partial charge in [0.25, 0.3) is 0 Å². The molecule has 0 bridgehead atoms. The Morgan fingerprint density at radius 3 is 2.71 bits per heavy atom. The molecule has 1 fully saturated rings. The maximum Gasteiger partial charge on any atom is 0.194 e. The Hall–Kier alpha value is -0.790. The molecule has 21 heavy (non-hydrogen) atoms. The van der Waals surface area contributed by atoms with Crippen molar-refractivity contribution < 1.29 is 0 Å². The fourth-order valence-corrected chi connectivity index (χ4v) is 2.55. The Kier molecular flexibility index (Phi) is 8.06. The van der Waals surface area contributed by atoms with Crippen LogP contribution in [0.15, 0.2) is 17.4 Å². The highest BCUT2D eigenvalue weighted by atomic mass is 127. The molecule has 0 aliphatic carbocycles. The Labute approximate surface area is 145 Å². The number of hydrogen-bond donors (Lipinski definition) is 1. The van der Waals surface area contributed by atoms with Crippen molar-refractivity contribution in [2.75, 3.05) is 19.6 Å². The van der Waals surface area contributed by atoms with E-state index in [4.69, 9.17) is 4.99 Å². The summed E-state index contributed by atoms with van der Waals surface area (Å²) in [6, 6.07) is 0. The summed E-state index contributed by atoms with van der Waals surface area (Å²) in [6.07, 6.45) is 6.46. The van der Waals surface area contributed by atoms with Gasteiger partial charge in [0.05, 0.1) is 0 Å². The Morgan fingerprint density at radius 2 is 2.10 bits per heavy atom. The van der Waals surface area contributed by atoms with E-state index < -0.39 is 0 Å². The summed E-state index contributed by atoms with van der Waals surface area (Å²) >= 11 is 0. The fraction of sp³-hybridized carbons (Fsp3) is 0.733. The van der Waals surface area contributed by atoms with Crippen LogP contribution < -0.4 is 5.32 Å². The van der Waals surface area contributed by atoms with Crippen molar-refractivity contribution in [3.63, 3.8) is 0 Å². The highest BCUT2D eigenvalue weighted by Gasteiger charge is 2.15. The number of aliphatic imine (C=N–C) groups is 1. The number of halogens is 1. The number of nitrogens with zero attached hydrogens (tertiary/aromatic N) is 4. The number of likely N-dealkylation sites (tertiary alicyclic amines) is 1. The zero-order valence-corrected chi connectivity index (χ0v) is 15.7. The van der Waals surface area contributed by atoms with Gasteiger partial charge in [0.15, 0.2) is 5.96 Å². The topological polar surface area (TPSA) is 45.5 Å². The number of rotatable bonds is 5. The van der Waals surface area contributed by atoms with Crippen LogP contribution in [0.2, 0.25) is 0 Å². The normalized spacial score (nSPS) is 15.4. The third kappa shape index (κ3) is 5.48. The number of aromatic nitrogens is 2. The van der Waals surface area contributed by atoms with Crippen LogP contribution in [0.25, 0.3) is 0 Å². The van der Waals surface area contributed by atoms with Crippen LogP contribution in [0.5, 0.6) is 0 Å². The summed E-state index contributed by atoms with van der Waals surface area (Å²) in [5.74, 6) is 2.70. The summed E-state index contributed by atoms with van der Waals surface area (Å²) in [7, 11) is 0. The average molecular weight is 405 g/mol. The molecule has 1 aliphatic heterocycles. The molecule has 0 spiro atoms. The highest BCUT2D eigenvalue weighted by molar-refractivity contribution is 14.0. The van der Waals surface area contributed by atoms with Crippen molar-refractivity contribution in [2.24, 2.45) is 10.9 Å². The van der Waals surface area contributed by atoms with E-state index in [0.717, 1.165) is 38.0 Å². The van der Waals surface area contributed by atoms with Gasteiger partial charge in [-0.15, -0.1) is 24.0 Å². The molecule has 5 nitrogen and oxygen atoms in total. The van der Waals surface area contributed by atoms with E-state index in [1.54, 1.807) is 0 Å². The molecule has 0 unspecified atom stereocenters. The number of hydrogen-bond acceptors (Lipinski definition) is 2. The van der Waals surface area contributed by atoms with Gasteiger partial charge in [-0.25, -0.2) is 9.98 Å². The lowest BCUT2D eigenvalue weighted by atomic mass is 10.2. The van der Waals surface area contributed by atoms with Crippen LogP contribution in [0.3, 0.4) is 0 Å². The fourth-order valence-electron chi connectivity index (χ4n) is 2.55. The second-order valence-electron chi connectivity index (χ2n) is 5.75. The standard InChI is InChI=1S/C15H27N5.HI/c1-4-16-15(19-8-5-6-9-19)18-11-14-17-7-10-20(14)12-13(2)3;/h7,10,13H,4-6,8-9,11-12H2,1-3H3,(H,16,18);1H. The second-order valence-corrected chi connectivity index (χ2v) is 5.75. The quantitative estimate of drug-likeness (QED) is 0.466. The molecule has 6 heteroatoms. The second kappa shape index (κ2) is 9.27. The van der Waals surface area contributed by atoms with Gasteiger partial charge in [-0.05, 0) is 25.7 Å². The van der Waals surface area contributed by atoms with Gasteiger partial charge in [0, 0.05) is 38.6 Å². The molecular weight excluding hydrogens is 377 g/mol. The van der Waals surface area contributed by atoms with Crippen molar-refractivity contribution in [1.82, 2.24) is 19.8 Å². The van der Waals surface area contributed by atoms with E-state index in [1.807, 2.05) is 12.4 Å². The minimum absolute atomic E-state index is 0. The first-order valence-corrected chi connectivity index (χ1v) is 7.74. The van der Waals surface area contributed by atoms with Crippen LogP contribution in [0.1, 0.15) is 39.4 Å². The molecule has 0 amide bonds. The van der Waals surface area contributed by atoms with Crippen molar-refractivity contribution in [3.05, 3.63) is 18.2 Å². The summed E-state index contributed by atoms with van der Waals surface area (Å²) in [5.41, 5.74) is 0. The monoisotopic (exact) mass is 405 g/mol. The lowest BCUT2D eigenvalue weighted by molar-refractivity contribution is 0.488. The number of guanidine groups is 1. The number of imidazole rings is 1. The highest BCUT2D eigenvalue weighted by Crippen LogP contribution is 2.09. The minimum atomic E-state index is 0. The molecule has 1 aromatic rings. The van der Waals surface area contributed by atoms with Crippen LogP contribution in [-0.4, -0.2) is 40.0 Å². The molecular formula is C15H28IN5. The molecule has 120 valence electrons. The summed E-state index contributed by atoms with van der Waals surface area (Å²) in [4.78, 5) is 11.5. The first kappa shape index (κ1) is 18.3. The Bertz CT molecular complexity index is 435. The van der Waals surface area contributed by atoms with E-state index >= 15 is 0 Å². The zero-order chi connectivity index (χ0) is 14.4. The van der Waals surface area contributed by atoms with Crippen molar-refractivity contribution in [3.8, 4) is 0 Å². The van der Waals surface area contributed by atoms with E-state index in [1.165, 1.54) is 12.8 Å². The largest absolute Gasteiger partial charge is 0.357 e. The van der Waals surface area contributed by atoms with Gasteiger partial charge in [-0.1, -0.05) is 13.8 Å². The molecule has 1 aromatic heterocycles. The first-order chi connectivity index (χ1) is 9.70.